The molecule has 5 rings (SSSR count). The highest BCUT2D eigenvalue weighted by molar-refractivity contribution is 5.71. The van der Waals surface area contributed by atoms with E-state index in [0.29, 0.717) is 11.8 Å². The van der Waals surface area contributed by atoms with Crippen LogP contribution in [0.2, 0.25) is 0 Å². The molecule has 0 unspecified atom stereocenters. The highest BCUT2D eigenvalue weighted by atomic mass is 14.4. The van der Waals surface area contributed by atoms with Gasteiger partial charge < -0.3 is 0 Å². The van der Waals surface area contributed by atoms with E-state index in [1.54, 1.807) is 0 Å². The fourth-order valence-corrected chi connectivity index (χ4v) is 7.90. The van der Waals surface area contributed by atoms with Crippen LogP contribution in [0.25, 0.3) is 0 Å². The summed E-state index contributed by atoms with van der Waals surface area (Å²) in [6.45, 7) is 39.5. The van der Waals surface area contributed by atoms with E-state index in [2.05, 4.69) is 221 Å². The highest BCUT2D eigenvalue weighted by Gasteiger charge is 2.33. The highest BCUT2D eigenvalue weighted by Crippen LogP contribution is 2.47. The lowest BCUT2D eigenvalue weighted by Gasteiger charge is -2.33. The fraction of sp³-hybridized carbons (Fsp3) is 0.418. The summed E-state index contributed by atoms with van der Waals surface area (Å²) in [7, 11) is 0. The second kappa shape index (κ2) is 15.6. The van der Waals surface area contributed by atoms with Crippen LogP contribution in [-0.2, 0) is 21.7 Å². The Kier molecular flexibility index (Phi) is 12.0. The molecule has 2 radical (unpaired) electrons. The predicted molar refractivity (Wildman–Crippen MR) is 241 cm³/mol. The average Bonchev–Trinajstić information content (AvgIpc) is 3.09. The van der Waals surface area contributed by atoms with Gasteiger partial charge in [-0.3, -0.25) is 0 Å². The van der Waals surface area contributed by atoms with Crippen molar-refractivity contribution in [2.24, 2.45) is 0 Å². The lowest BCUT2D eigenvalue weighted by Crippen LogP contribution is -2.19. The molecule has 290 valence electrons. The Morgan fingerprint density at radius 1 is 0.345 bits per heavy atom. The molecular weight excluding hydrogens is 661 g/mol. The molecule has 55 heavy (non-hydrogen) atoms. The maximum absolute atomic E-state index is 2.56. The van der Waals surface area contributed by atoms with Crippen LogP contribution in [0.5, 0.6) is 0 Å². The third kappa shape index (κ3) is 9.22. The molecule has 0 atom stereocenters. The summed E-state index contributed by atoms with van der Waals surface area (Å²) in [5.74, 6) is 3.28. The summed E-state index contributed by atoms with van der Waals surface area (Å²) < 4.78 is 0. The van der Waals surface area contributed by atoms with Gasteiger partial charge in [0, 0.05) is 0 Å². The zero-order chi connectivity index (χ0) is 40.8. The van der Waals surface area contributed by atoms with Crippen LogP contribution in [0.1, 0.15) is 195 Å². The minimum atomic E-state index is 0.0765. The van der Waals surface area contributed by atoms with Crippen LogP contribution < -0.4 is 0 Å². The van der Waals surface area contributed by atoms with Gasteiger partial charge in [0.1, 0.15) is 0 Å². The SMILES string of the molecule is Cc1c([C](c2ccc(C(C)(C)C)cc2)c2ccc(C(C)(C)C)cc2)c(C(C)C)cc(C(C)C)c1[C](c1ccc(C(C)(C)C)cc1)c1ccc(C(C)(C)C)cc1. The number of hydrogen-bond donors (Lipinski definition) is 0. The van der Waals surface area contributed by atoms with Crippen molar-refractivity contribution in [1.29, 1.82) is 0 Å². The van der Waals surface area contributed by atoms with Gasteiger partial charge in [-0.1, -0.05) is 214 Å². The second-order valence-electron chi connectivity index (χ2n) is 20.8. The molecular formula is C55H70. The first-order chi connectivity index (χ1) is 25.4. The summed E-state index contributed by atoms with van der Waals surface area (Å²) in [5.41, 5.74) is 17.6. The average molecular weight is 731 g/mol. The zero-order valence-electron chi connectivity index (χ0n) is 37.5. The minimum Gasteiger partial charge on any atom is -0.0587 e. The molecule has 0 spiro atoms. The molecule has 0 saturated carbocycles. The van der Waals surface area contributed by atoms with Gasteiger partial charge in [-0.15, -0.1) is 0 Å². The summed E-state index contributed by atoms with van der Waals surface area (Å²) >= 11 is 0. The Hall–Kier alpha value is -3.90. The second-order valence-corrected chi connectivity index (χ2v) is 20.8. The molecule has 0 nitrogen and oxygen atoms in total. The van der Waals surface area contributed by atoms with Gasteiger partial charge in [-0.2, -0.15) is 0 Å². The maximum atomic E-state index is 2.56. The summed E-state index contributed by atoms with van der Waals surface area (Å²) in [5, 5.41) is 0. The standard InChI is InChI=1S/C55H70/c1-35(2)46-34-47(36(3)4)49(51(40-22-30-44(31-23-40)54(12,13)14)41-24-32-45(33-25-41)55(15,16)17)37(5)48(46)50(38-18-26-42(27-19-38)52(6,7)8)39-20-28-43(29-21-39)53(9,10)11/h18-36H,1-17H3. The Balaban J connectivity index is 1.89. The van der Waals surface area contributed by atoms with Gasteiger partial charge in [-0.05, 0) is 113 Å². The third-order valence-electron chi connectivity index (χ3n) is 11.5. The van der Waals surface area contributed by atoms with Gasteiger partial charge in [-0.25, -0.2) is 0 Å². The first kappa shape index (κ1) is 42.2. The van der Waals surface area contributed by atoms with E-state index in [1.165, 1.54) is 84.2 Å². The monoisotopic (exact) mass is 731 g/mol. The van der Waals surface area contributed by atoms with Crippen molar-refractivity contribution in [1.82, 2.24) is 0 Å². The molecule has 0 bridgehead atoms. The van der Waals surface area contributed by atoms with Crippen LogP contribution in [0.4, 0.5) is 0 Å². The van der Waals surface area contributed by atoms with Crippen LogP contribution in [-0.4, -0.2) is 0 Å². The smallest absolute Gasteiger partial charge is 0.0587 e. The van der Waals surface area contributed by atoms with E-state index in [-0.39, 0.29) is 21.7 Å². The first-order valence-corrected chi connectivity index (χ1v) is 20.7. The van der Waals surface area contributed by atoms with Crippen molar-refractivity contribution in [3.63, 3.8) is 0 Å². The Morgan fingerprint density at radius 2 is 0.545 bits per heavy atom. The number of hydrogen-bond acceptors (Lipinski definition) is 0. The molecule has 0 heteroatoms. The van der Waals surface area contributed by atoms with Crippen molar-refractivity contribution >= 4 is 0 Å². The van der Waals surface area contributed by atoms with Crippen LogP contribution >= 0.6 is 0 Å². The topological polar surface area (TPSA) is 0 Å². The van der Waals surface area contributed by atoms with Crippen molar-refractivity contribution < 1.29 is 0 Å². The van der Waals surface area contributed by atoms with E-state index in [0.717, 1.165) is 0 Å². The third-order valence-corrected chi connectivity index (χ3v) is 11.5. The zero-order valence-corrected chi connectivity index (χ0v) is 37.5. The Labute approximate surface area is 337 Å². The van der Waals surface area contributed by atoms with Crippen molar-refractivity contribution in [2.75, 3.05) is 0 Å². The van der Waals surface area contributed by atoms with Crippen LogP contribution in [0.3, 0.4) is 0 Å². The number of rotatable bonds is 8. The predicted octanol–water partition coefficient (Wildman–Crippen LogP) is 15.5. The van der Waals surface area contributed by atoms with E-state index in [1.807, 2.05) is 0 Å². The van der Waals surface area contributed by atoms with E-state index in [4.69, 9.17) is 0 Å². The van der Waals surface area contributed by atoms with Crippen LogP contribution in [0, 0.1) is 18.8 Å². The molecule has 0 heterocycles. The minimum absolute atomic E-state index is 0.0765. The quantitative estimate of drug-likeness (QED) is 0.139. The molecule has 5 aromatic rings. The van der Waals surface area contributed by atoms with E-state index < -0.39 is 0 Å². The number of benzene rings is 5. The Bertz CT molecular complexity index is 1770. The lowest BCUT2D eigenvalue weighted by molar-refractivity contribution is 0.589. The molecule has 5 aromatic carbocycles. The van der Waals surface area contributed by atoms with Crippen molar-refractivity contribution in [3.05, 3.63) is 187 Å². The molecule has 0 amide bonds. The molecule has 0 N–H and O–H groups in total. The fourth-order valence-electron chi connectivity index (χ4n) is 7.90. The van der Waals surface area contributed by atoms with Gasteiger partial charge in [0.15, 0.2) is 0 Å². The van der Waals surface area contributed by atoms with Crippen molar-refractivity contribution in [3.8, 4) is 0 Å². The molecule has 0 aromatic heterocycles. The van der Waals surface area contributed by atoms with Gasteiger partial charge in [0.2, 0.25) is 0 Å². The van der Waals surface area contributed by atoms with Gasteiger partial charge >= 0.3 is 0 Å². The molecule has 0 aliphatic heterocycles. The molecule has 0 aliphatic carbocycles. The van der Waals surface area contributed by atoms with Crippen molar-refractivity contribution in [2.45, 2.75) is 151 Å². The van der Waals surface area contributed by atoms with Gasteiger partial charge in [0.25, 0.3) is 0 Å². The van der Waals surface area contributed by atoms with Gasteiger partial charge in [0.05, 0.1) is 11.8 Å². The summed E-state index contributed by atoms with van der Waals surface area (Å²) in [6.07, 6.45) is 0. The maximum Gasteiger partial charge on any atom is 0.0634 e. The molecule has 0 saturated heterocycles. The summed E-state index contributed by atoms with van der Waals surface area (Å²) in [6, 6.07) is 40.3. The lowest BCUT2D eigenvalue weighted by atomic mass is 9.70. The summed E-state index contributed by atoms with van der Waals surface area (Å²) in [4.78, 5) is 0. The Morgan fingerprint density at radius 3 is 0.709 bits per heavy atom. The normalized spacial score (nSPS) is 13.1. The van der Waals surface area contributed by atoms with E-state index >= 15 is 0 Å². The molecule has 0 aliphatic rings. The van der Waals surface area contributed by atoms with Crippen LogP contribution in [0.15, 0.2) is 103 Å². The van der Waals surface area contributed by atoms with E-state index in [9.17, 15) is 0 Å². The first-order valence-electron chi connectivity index (χ1n) is 20.7. The largest absolute Gasteiger partial charge is 0.0634 e. The molecule has 0 fully saturated rings.